The molecule has 1 N–H and O–H groups in total. The quantitative estimate of drug-likeness (QED) is 0.882. The molecule has 2 rings (SSSR count). The van der Waals surface area contributed by atoms with Crippen LogP contribution in [0.3, 0.4) is 0 Å². The van der Waals surface area contributed by atoms with Crippen molar-refractivity contribution in [3.05, 3.63) is 47.8 Å². The van der Waals surface area contributed by atoms with Gasteiger partial charge in [-0.05, 0) is 35.7 Å². The molecule has 0 fully saturated rings. The highest BCUT2D eigenvalue weighted by molar-refractivity contribution is 5.87. The Hall–Kier alpha value is -2.10. The van der Waals surface area contributed by atoms with E-state index in [2.05, 4.69) is 18.9 Å². The first-order valence-electron chi connectivity index (χ1n) is 5.46. The van der Waals surface area contributed by atoms with Crippen LogP contribution in [-0.2, 0) is 0 Å². The lowest BCUT2D eigenvalue weighted by atomic mass is 10.1. The molecule has 0 aliphatic rings. The second-order valence-electron chi connectivity index (χ2n) is 4.22. The molecule has 0 saturated carbocycles. The monoisotopic (exact) mass is 230 g/mol. The average Bonchev–Trinajstić information content (AvgIpc) is 2.78. The van der Waals surface area contributed by atoms with Crippen molar-refractivity contribution in [3.8, 4) is 5.69 Å². The number of hydrogen-bond donors (Lipinski definition) is 1. The van der Waals surface area contributed by atoms with E-state index >= 15 is 0 Å². The van der Waals surface area contributed by atoms with E-state index in [4.69, 9.17) is 5.11 Å². The van der Waals surface area contributed by atoms with Gasteiger partial charge in [-0.3, -0.25) is 0 Å². The number of carbonyl (C=O) groups is 1. The van der Waals surface area contributed by atoms with E-state index in [0.717, 1.165) is 11.3 Å². The molecule has 4 heteroatoms. The van der Waals surface area contributed by atoms with Gasteiger partial charge >= 0.3 is 5.97 Å². The molecule has 0 bridgehead atoms. The largest absolute Gasteiger partial charge is 0.478 e. The van der Waals surface area contributed by atoms with Crippen molar-refractivity contribution in [2.75, 3.05) is 0 Å². The second kappa shape index (κ2) is 4.41. The highest BCUT2D eigenvalue weighted by atomic mass is 16.4. The number of nitrogens with zero attached hydrogens (tertiary/aromatic N) is 2. The molecule has 0 unspecified atom stereocenters. The van der Waals surface area contributed by atoms with Crippen LogP contribution in [0.2, 0.25) is 0 Å². The minimum Gasteiger partial charge on any atom is -0.478 e. The van der Waals surface area contributed by atoms with Crippen LogP contribution in [0.4, 0.5) is 0 Å². The van der Waals surface area contributed by atoms with Crippen LogP contribution in [0.1, 0.15) is 35.7 Å². The summed E-state index contributed by atoms with van der Waals surface area (Å²) < 4.78 is 1.75. The van der Waals surface area contributed by atoms with Crippen LogP contribution in [0.5, 0.6) is 0 Å². The first kappa shape index (κ1) is 11.4. The topological polar surface area (TPSA) is 55.1 Å². The van der Waals surface area contributed by atoms with E-state index in [1.165, 1.54) is 0 Å². The van der Waals surface area contributed by atoms with Gasteiger partial charge in [0.15, 0.2) is 0 Å². The van der Waals surface area contributed by atoms with Gasteiger partial charge in [-0.1, -0.05) is 13.8 Å². The first-order chi connectivity index (χ1) is 8.08. The minimum atomic E-state index is -0.917. The number of hydrogen-bond acceptors (Lipinski definition) is 2. The Morgan fingerprint density at radius 3 is 2.41 bits per heavy atom. The van der Waals surface area contributed by atoms with Crippen LogP contribution in [0.15, 0.2) is 36.7 Å². The summed E-state index contributed by atoms with van der Waals surface area (Å²) in [5, 5.41) is 13.1. The predicted octanol–water partition coefficient (Wildman–Crippen LogP) is 2.69. The molecule has 4 nitrogen and oxygen atoms in total. The molecule has 0 saturated heterocycles. The summed E-state index contributed by atoms with van der Waals surface area (Å²) >= 11 is 0. The Labute approximate surface area is 99.5 Å². The van der Waals surface area contributed by atoms with Gasteiger partial charge < -0.3 is 5.11 Å². The molecule has 1 aromatic carbocycles. The van der Waals surface area contributed by atoms with E-state index in [0.29, 0.717) is 5.92 Å². The number of benzene rings is 1. The molecular formula is C13H14N2O2. The van der Waals surface area contributed by atoms with Crippen molar-refractivity contribution in [1.82, 2.24) is 9.78 Å². The van der Waals surface area contributed by atoms with E-state index in [-0.39, 0.29) is 5.56 Å². The van der Waals surface area contributed by atoms with Gasteiger partial charge in [-0.2, -0.15) is 5.10 Å². The van der Waals surface area contributed by atoms with Gasteiger partial charge in [0.2, 0.25) is 0 Å². The number of aromatic carboxylic acids is 1. The van der Waals surface area contributed by atoms with Crippen LogP contribution < -0.4 is 0 Å². The molecule has 1 heterocycles. The molecule has 88 valence electrons. The Kier molecular flexibility index (Phi) is 2.95. The maximum Gasteiger partial charge on any atom is 0.335 e. The van der Waals surface area contributed by atoms with E-state index in [1.807, 2.05) is 12.4 Å². The SMILES string of the molecule is CC(C)c1cnn(-c2ccc(C(=O)O)cc2)c1. The van der Waals surface area contributed by atoms with Crippen molar-refractivity contribution in [2.45, 2.75) is 19.8 Å². The molecular weight excluding hydrogens is 216 g/mol. The molecule has 17 heavy (non-hydrogen) atoms. The maximum atomic E-state index is 10.7. The third-order valence-corrected chi connectivity index (χ3v) is 2.65. The van der Waals surface area contributed by atoms with E-state index < -0.39 is 5.97 Å². The number of rotatable bonds is 3. The molecule has 0 amide bonds. The third-order valence-electron chi connectivity index (χ3n) is 2.65. The highest BCUT2D eigenvalue weighted by Crippen LogP contribution is 2.15. The van der Waals surface area contributed by atoms with Crippen LogP contribution in [-0.4, -0.2) is 20.9 Å². The summed E-state index contributed by atoms with van der Waals surface area (Å²) in [5.41, 5.74) is 2.30. The first-order valence-corrected chi connectivity index (χ1v) is 5.46. The summed E-state index contributed by atoms with van der Waals surface area (Å²) in [6.45, 7) is 4.21. The Balaban J connectivity index is 2.30. The summed E-state index contributed by atoms with van der Waals surface area (Å²) in [4.78, 5) is 10.7. The zero-order chi connectivity index (χ0) is 12.4. The minimum absolute atomic E-state index is 0.282. The maximum absolute atomic E-state index is 10.7. The Morgan fingerprint density at radius 2 is 1.94 bits per heavy atom. The third kappa shape index (κ3) is 2.36. The molecule has 0 radical (unpaired) electrons. The van der Waals surface area contributed by atoms with Crippen molar-refractivity contribution >= 4 is 5.97 Å². The second-order valence-corrected chi connectivity index (χ2v) is 4.22. The average molecular weight is 230 g/mol. The molecule has 0 spiro atoms. The summed E-state index contributed by atoms with van der Waals surface area (Å²) in [6.07, 6.45) is 3.79. The fourth-order valence-electron chi connectivity index (χ4n) is 1.53. The zero-order valence-corrected chi connectivity index (χ0v) is 9.79. The summed E-state index contributed by atoms with van der Waals surface area (Å²) in [7, 11) is 0. The van der Waals surface area contributed by atoms with Crippen molar-refractivity contribution in [3.63, 3.8) is 0 Å². The van der Waals surface area contributed by atoms with Gasteiger partial charge in [0.1, 0.15) is 0 Å². The number of aromatic nitrogens is 2. The lowest BCUT2D eigenvalue weighted by Gasteiger charge is -2.02. The number of carboxylic acids is 1. The van der Waals surface area contributed by atoms with Gasteiger partial charge in [0, 0.05) is 6.20 Å². The molecule has 1 aromatic heterocycles. The summed E-state index contributed by atoms with van der Waals surface area (Å²) in [5.74, 6) is -0.484. The van der Waals surface area contributed by atoms with Crippen molar-refractivity contribution in [2.24, 2.45) is 0 Å². The van der Waals surface area contributed by atoms with Gasteiger partial charge in [-0.15, -0.1) is 0 Å². The van der Waals surface area contributed by atoms with E-state index in [9.17, 15) is 4.79 Å². The number of carboxylic acid groups (broad SMARTS) is 1. The normalized spacial score (nSPS) is 10.8. The summed E-state index contributed by atoms with van der Waals surface area (Å²) in [6, 6.07) is 6.66. The van der Waals surface area contributed by atoms with Crippen LogP contribution in [0.25, 0.3) is 5.69 Å². The van der Waals surface area contributed by atoms with Crippen LogP contribution in [0, 0.1) is 0 Å². The fourth-order valence-corrected chi connectivity index (χ4v) is 1.53. The van der Waals surface area contributed by atoms with Crippen molar-refractivity contribution in [1.29, 1.82) is 0 Å². The van der Waals surface area contributed by atoms with E-state index in [1.54, 1.807) is 28.9 Å². The zero-order valence-electron chi connectivity index (χ0n) is 9.79. The smallest absolute Gasteiger partial charge is 0.335 e. The molecule has 0 atom stereocenters. The van der Waals surface area contributed by atoms with Crippen molar-refractivity contribution < 1.29 is 9.90 Å². The predicted molar refractivity (Wildman–Crippen MR) is 64.6 cm³/mol. The van der Waals surface area contributed by atoms with Crippen LogP contribution >= 0.6 is 0 Å². The molecule has 0 aliphatic heterocycles. The Morgan fingerprint density at radius 1 is 1.29 bits per heavy atom. The lowest BCUT2D eigenvalue weighted by molar-refractivity contribution is 0.0697. The Bertz CT molecular complexity index is 527. The molecule has 0 aliphatic carbocycles. The highest BCUT2D eigenvalue weighted by Gasteiger charge is 2.06. The fraction of sp³-hybridized carbons (Fsp3) is 0.231. The standard InChI is InChI=1S/C13H14N2O2/c1-9(2)11-7-14-15(8-11)12-5-3-10(4-6-12)13(16)17/h3-9H,1-2H3,(H,16,17). The van der Waals surface area contributed by atoms with Gasteiger partial charge in [-0.25, -0.2) is 9.48 Å². The lowest BCUT2D eigenvalue weighted by Crippen LogP contribution is -1.98. The van der Waals surface area contributed by atoms with Gasteiger partial charge in [0.25, 0.3) is 0 Å². The van der Waals surface area contributed by atoms with Gasteiger partial charge in [0.05, 0.1) is 17.4 Å². The molecule has 2 aromatic rings.